The van der Waals surface area contributed by atoms with Gasteiger partial charge in [-0.05, 0) is 93.8 Å². The van der Waals surface area contributed by atoms with Crippen LogP contribution in [0.5, 0.6) is 5.75 Å². The predicted octanol–water partition coefficient (Wildman–Crippen LogP) is 5.29. The van der Waals surface area contributed by atoms with E-state index in [1.807, 2.05) is 12.4 Å². The number of likely N-dealkylation sites (tertiary alicyclic amines) is 1. The summed E-state index contributed by atoms with van der Waals surface area (Å²) in [5.74, 6) is 2.54. The van der Waals surface area contributed by atoms with Crippen LogP contribution in [0.15, 0.2) is 42.7 Å². The molecule has 2 aromatic rings. The topological polar surface area (TPSA) is 70.6 Å². The molecule has 4 rings (SSSR count). The summed E-state index contributed by atoms with van der Waals surface area (Å²) in [5.41, 5.74) is 3.73. The second-order valence-corrected chi connectivity index (χ2v) is 11.0. The van der Waals surface area contributed by atoms with Gasteiger partial charge in [0, 0.05) is 44.0 Å². The lowest BCUT2D eigenvalue weighted by atomic mass is 9.86. The van der Waals surface area contributed by atoms with Gasteiger partial charge in [0.15, 0.2) is 0 Å². The molecular weight excluding hydrogens is 474 g/mol. The summed E-state index contributed by atoms with van der Waals surface area (Å²) in [7, 11) is 4.21. The number of carbonyl (C=O) groups excluding carboxylic acids is 1. The average molecular weight is 520 g/mol. The summed E-state index contributed by atoms with van der Waals surface area (Å²) in [5, 5.41) is 3.33. The lowest BCUT2D eigenvalue weighted by molar-refractivity contribution is -0.134. The minimum Gasteiger partial charge on any atom is -0.493 e. The van der Waals surface area contributed by atoms with Crippen LogP contribution in [-0.2, 0) is 11.2 Å². The van der Waals surface area contributed by atoms with Crippen molar-refractivity contribution in [3.63, 3.8) is 0 Å². The Labute approximate surface area is 228 Å². The second kappa shape index (κ2) is 13.7. The van der Waals surface area contributed by atoms with E-state index in [0.29, 0.717) is 30.4 Å². The fourth-order valence-electron chi connectivity index (χ4n) is 5.34. The fraction of sp³-hybridized carbons (Fsp3) is 0.581. The van der Waals surface area contributed by atoms with Crippen LogP contribution in [0.25, 0.3) is 5.57 Å². The predicted molar refractivity (Wildman–Crippen MR) is 154 cm³/mol. The van der Waals surface area contributed by atoms with Gasteiger partial charge in [-0.15, -0.1) is 0 Å². The van der Waals surface area contributed by atoms with Crippen LogP contribution in [0.2, 0.25) is 0 Å². The number of aryl methyl sites for hydroxylation is 1. The van der Waals surface area contributed by atoms with Crippen molar-refractivity contribution in [1.82, 2.24) is 19.8 Å². The molecular formula is C31H45N5O2. The van der Waals surface area contributed by atoms with Crippen molar-refractivity contribution in [3.05, 3.63) is 53.9 Å². The van der Waals surface area contributed by atoms with Gasteiger partial charge in [-0.1, -0.05) is 32.1 Å². The average Bonchev–Trinajstić information content (AvgIpc) is 3.46. The van der Waals surface area contributed by atoms with E-state index in [0.717, 1.165) is 75.9 Å². The van der Waals surface area contributed by atoms with Gasteiger partial charge in [0.1, 0.15) is 5.75 Å². The van der Waals surface area contributed by atoms with Gasteiger partial charge < -0.3 is 19.9 Å². The maximum Gasteiger partial charge on any atom is 0.226 e. The van der Waals surface area contributed by atoms with E-state index in [2.05, 4.69) is 83.4 Å². The van der Waals surface area contributed by atoms with Crippen molar-refractivity contribution in [2.45, 2.75) is 64.8 Å². The summed E-state index contributed by atoms with van der Waals surface area (Å²) in [6.45, 7) is 7.61. The molecule has 1 aromatic carbocycles. The van der Waals surface area contributed by atoms with Crippen molar-refractivity contribution < 1.29 is 9.53 Å². The Bertz CT molecular complexity index is 1050. The Hall–Kier alpha value is -2.93. The number of amides is 1. The van der Waals surface area contributed by atoms with Gasteiger partial charge in [0.25, 0.3) is 0 Å². The molecule has 7 nitrogen and oxygen atoms in total. The summed E-state index contributed by atoms with van der Waals surface area (Å²) < 4.78 is 6.13. The molecule has 2 aliphatic rings. The first-order valence-electron chi connectivity index (χ1n) is 14.4. The minimum atomic E-state index is 0.130. The molecule has 1 saturated heterocycles. The molecule has 1 amide bonds. The SMILES string of the molecule is CCc1cnc(NCCC(CC)COc2ccc(C3=CCC(C(=O)N4CC[C@H](N(C)C)C4)CC3)cc2)nc1. The number of rotatable bonds is 12. The van der Waals surface area contributed by atoms with Crippen molar-refractivity contribution in [2.75, 3.05) is 45.7 Å². The van der Waals surface area contributed by atoms with Crippen LogP contribution < -0.4 is 10.1 Å². The number of hydrogen-bond donors (Lipinski definition) is 1. The monoisotopic (exact) mass is 519 g/mol. The van der Waals surface area contributed by atoms with Crippen molar-refractivity contribution in [2.24, 2.45) is 11.8 Å². The van der Waals surface area contributed by atoms with E-state index in [-0.39, 0.29) is 5.92 Å². The van der Waals surface area contributed by atoms with Crippen molar-refractivity contribution >= 4 is 17.4 Å². The third-order valence-electron chi connectivity index (χ3n) is 8.20. The number of nitrogens with zero attached hydrogens (tertiary/aromatic N) is 4. The number of nitrogens with one attached hydrogen (secondary N) is 1. The Morgan fingerprint density at radius 2 is 1.92 bits per heavy atom. The standard InChI is InChI=1S/C31H45N5O2/c1-5-23(15-17-32-31-33-19-24(6-2)20-34-31)22-38-29-13-11-26(12-14-29)25-7-9-27(10-8-25)30(37)36-18-16-28(21-36)35(3)4/h7,11-14,19-20,23,27-28H,5-6,8-10,15-18,21-22H2,1-4H3,(H,32,33,34)/t23?,27?,28-/m0/s1. The van der Waals surface area contributed by atoms with Crippen LogP contribution in [0.4, 0.5) is 5.95 Å². The molecule has 2 unspecified atom stereocenters. The smallest absolute Gasteiger partial charge is 0.226 e. The molecule has 1 aromatic heterocycles. The molecule has 0 spiro atoms. The van der Waals surface area contributed by atoms with Gasteiger partial charge in [-0.25, -0.2) is 9.97 Å². The van der Waals surface area contributed by atoms with Gasteiger partial charge >= 0.3 is 0 Å². The fourth-order valence-corrected chi connectivity index (χ4v) is 5.34. The molecule has 0 radical (unpaired) electrons. The number of allylic oxidation sites excluding steroid dienone is 2. The van der Waals surface area contributed by atoms with Gasteiger partial charge in [-0.2, -0.15) is 0 Å². The van der Waals surface area contributed by atoms with Gasteiger partial charge in [-0.3, -0.25) is 4.79 Å². The molecule has 1 aliphatic carbocycles. The van der Waals surface area contributed by atoms with Crippen molar-refractivity contribution in [1.29, 1.82) is 0 Å². The van der Waals surface area contributed by atoms with Crippen LogP contribution in [0, 0.1) is 11.8 Å². The maximum absolute atomic E-state index is 13.0. The Kier molecular flexibility index (Phi) is 10.2. The van der Waals surface area contributed by atoms with Gasteiger partial charge in [0.2, 0.25) is 11.9 Å². The largest absolute Gasteiger partial charge is 0.493 e. The number of likely N-dealkylation sites (N-methyl/N-ethyl adjacent to an activating group) is 1. The van der Waals surface area contributed by atoms with Crippen LogP contribution in [0.1, 0.15) is 63.5 Å². The Morgan fingerprint density at radius 1 is 1.16 bits per heavy atom. The lowest BCUT2D eigenvalue weighted by Crippen LogP contribution is -2.38. The van der Waals surface area contributed by atoms with E-state index in [9.17, 15) is 4.79 Å². The highest BCUT2D eigenvalue weighted by atomic mass is 16.5. The van der Waals surface area contributed by atoms with Crippen LogP contribution >= 0.6 is 0 Å². The summed E-state index contributed by atoms with van der Waals surface area (Å²) >= 11 is 0. The number of aromatic nitrogens is 2. The summed E-state index contributed by atoms with van der Waals surface area (Å²) in [6, 6.07) is 8.97. The number of ether oxygens (including phenoxy) is 1. The number of benzene rings is 1. The molecule has 7 heteroatoms. The number of anilines is 1. The molecule has 1 N–H and O–H groups in total. The van der Waals surface area contributed by atoms with E-state index in [1.165, 1.54) is 11.1 Å². The van der Waals surface area contributed by atoms with E-state index in [4.69, 9.17) is 4.74 Å². The maximum atomic E-state index is 13.0. The van der Waals surface area contributed by atoms with Gasteiger partial charge in [0.05, 0.1) is 6.61 Å². The third-order valence-corrected chi connectivity index (χ3v) is 8.20. The molecule has 0 bridgehead atoms. The molecule has 2 heterocycles. The second-order valence-electron chi connectivity index (χ2n) is 11.0. The quantitative estimate of drug-likeness (QED) is 0.411. The highest BCUT2D eigenvalue weighted by molar-refractivity contribution is 5.81. The molecule has 0 saturated carbocycles. The molecule has 1 aliphatic heterocycles. The summed E-state index contributed by atoms with van der Waals surface area (Å²) in [6.07, 6.45) is 12.9. The molecule has 206 valence electrons. The zero-order valence-corrected chi connectivity index (χ0v) is 23.7. The van der Waals surface area contributed by atoms with E-state index < -0.39 is 0 Å². The first kappa shape index (κ1) is 28.1. The zero-order valence-electron chi connectivity index (χ0n) is 23.7. The lowest BCUT2D eigenvalue weighted by Gasteiger charge is -2.27. The van der Waals surface area contributed by atoms with Crippen molar-refractivity contribution in [3.8, 4) is 5.75 Å². The highest BCUT2D eigenvalue weighted by Crippen LogP contribution is 2.33. The Balaban J connectivity index is 1.20. The molecule has 38 heavy (non-hydrogen) atoms. The van der Waals surface area contributed by atoms with Crippen LogP contribution in [0.3, 0.4) is 0 Å². The first-order valence-corrected chi connectivity index (χ1v) is 14.4. The van der Waals surface area contributed by atoms with E-state index in [1.54, 1.807) is 0 Å². The zero-order chi connectivity index (χ0) is 26.9. The normalized spacial score (nSPS) is 20.3. The molecule has 1 fully saturated rings. The first-order chi connectivity index (χ1) is 18.5. The number of carbonyl (C=O) groups is 1. The minimum absolute atomic E-state index is 0.130. The third kappa shape index (κ3) is 7.56. The Morgan fingerprint density at radius 3 is 2.53 bits per heavy atom. The number of hydrogen-bond acceptors (Lipinski definition) is 6. The molecule has 3 atom stereocenters. The highest BCUT2D eigenvalue weighted by Gasteiger charge is 2.32. The van der Waals surface area contributed by atoms with Crippen LogP contribution in [-0.4, -0.2) is 72.1 Å². The van der Waals surface area contributed by atoms with E-state index >= 15 is 0 Å². The summed E-state index contributed by atoms with van der Waals surface area (Å²) in [4.78, 5) is 26.1.